The number of carbonyl (C=O) groups is 1. The maximum atomic E-state index is 12.0. The third kappa shape index (κ3) is 2.16. The lowest BCUT2D eigenvalue weighted by Gasteiger charge is -2.19. The summed E-state index contributed by atoms with van der Waals surface area (Å²) in [5.41, 5.74) is 0.746. The van der Waals surface area contributed by atoms with Crippen molar-refractivity contribution < 1.29 is 9.53 Å². The number of carbonyl (C=O) groups excluding carboxylic acids is 1. The van der Waals surface area contributed by atoms with E-state index in [1.54, 1.807) is 40.0 Å². The van der Waals surface area contributed by atoms with Gasteiger partial charge < -0.3 is 9.72 Å². The van der Waals surface area contributed by atoms with Crippen LogP contribution >= 0.6 is 0 Å². The lowest BCUT2D eigenvalue weighted by Crippen LogP contribution is -2.28. The molecule has 0 unspecified atom stereocenters. The molecule has 0 amide bonds. The molecule has 0 radical (unpaired) electrons. The van der Waals surface area contributed by atoms with E-state index < -0.39 is 11.7 Å². The average molecular weight is 248 g/mol. The van der Waals surface area contributed by atoms with Crippen molar-refractivity contribution in [3.63, 3.8) is 0 Å². The Balaban J connectivity index is 2.56. The maximum absolute atomic E-state index is 12.0. The summed E-state index contributed by atoms with van der Waals surface area (Å²) in [6, 6.07) is 1.68. The first-order chi connectivity index (χ1) is 8.29. The van der Waals surface area contributed by atoms with E-state index in [9.17, 15) is 9.59 Å². The number of aromatic amines is 1. The summed E-state index contributed by atoms with van der Waals surface area (Å²) in [6.45, 7) is 7.05. The van der Waals surface area contributed by atoms with Crippen molar-refractivity contribution in [3.05, 3.63) is 34.2 Å². The van der Waals surface area contributed by atoms with E-state index in [0.717, 1.165) is 0 Å². The van der Waals surface area contributed by atoms with E-state index >= 15 is 0 Å². The molecule has 5 nitrogen and oxygen atoms in total. The maximum Gasteiger partial charge on any atom is 0.419 e. The first-order valence-electron chi connectivity index (χ1n) is 5.72. The summed E-state index contributed by atoms with van der Waals surface area (Å²) in [4.78, 5) is 27.0. The zero-order chi connectivity index (χ0) is 13.5. The molecular formula is C13H16N2O3. The van der Waals surface area contributed by atoms with Gasteiger partial charge in [0, 0.05) is 18.0 Å². The van der Waals surface area contributed by atoms with E-state index in [0.29, 0.717) is 16.6 Å². The molecule has 2 heterocycles. The van der Waals surface area contributed by atoms with Gasteiger partial charge in [0.25, 0.3) is 0 Å². The Morgan fingerprint density at radius 1 is 1.39 bits per heavy atom. The summed E-state index contributed by atoms with van der Waals surface area (Å²) in [7, 11) is 0. The second-order valence-electron chi connectivity index (χ2n) is 5.23. The van der Waals surface area contributed by atoms with Crippen LogP contribution in [-0.2, 0) is 4.74 Å². The van der Waals surface area contributed by atoms with Gasteiger partial charge in [0.2, 0.25) is 5.43 Å². The molecular weight excluding hydrogens is 232 g/mol. The Labute approximate surface area is 104 Å². The van der Waals surface area contributed by atoms with Crippen LogP contribution in [0.2, 0.25) is 0 Å². The van der Waals surface area contributed by atoms with Crippen molar-refractivity contribution in [2.24, 2.45) is 0 Å². The van der Waals surface area contributed by atoms with Gasteiger partial charge in [-0.1, -0.05) is 0 Å². The first-order valence-corrected chi connectivity index (χ1v) is 5.72. The lowest BCUT2D eigenvalue weighted by molar-refractivity contribution is 0.0544. The van der Waals surface area contributed by atoms with Gasteiger partial charge in [0.15, 0.2) is 0 Å². The van der Waals surface area contributed by atoms with E-state index in [2.05, 4.69) is 4.98 Å². The zero-order valence-corrected chi connectivity index (χ0v) is 10.9. The highest BCUT2D eigenvalue weighted by molar-refractivity contribution is 5.87. The molecule has 18 heavy (non-hydrogen) atoms. The van der Waals surface area contributed by atoms with Crippen LogP contribution in [0.5, 0.6) is 0 Å². The average Bonchev–Trinajstić information content (AvgIpc) is 2.65. The number of hydrogen-bond acceptors (Lipinski definition) is 3. The van der Waals surface area contributed by atoms with Crippen LogP contribution < -0.4 is 5.43 Å². The fourth-order valence-corrected chi connectivity index (χ4v) is 1.68. The van der Waals surface area contributed by atoms with Gasteiger partial charge in [-0.25, -0.2) is 9.36 Å². The van der Waals surface area contributed by atoms with Gasteiger partial charge in [-0.3, -0.25) is 4.79 Å². The molecule has 0 saturated heterocycles. The molecule has 0 bridgehead atoms. The van der Waals surface area contributed by atoms with Gasteiger partial charge in [0.05, 0.1) is 5.52 Å². The molecule has 96 valence electrons. The van der Waals surface area contributed by atoms with Crippen molar-refractivity contribution >= 4 is 17.1 Å². The van der Waals surface area contributed by atoms with Crippen molar-refractivity contribution in [1.82, 2.24) is 9.55 Å². The minimum absolute atomic E-state index is 0.167. The summed E-state index contributed by atoms with van der Waals surface area (Å²) >= 11 is 0. The highest BCUT2D eigenvalue weighted by atomic mass is 16.6. The summed E-state index contributed by atoms with van der Waals surface area (Å²) in [5, 5.41) is 0. The van der Waals surface area contributed by atoms with Crippen molar-refractivity contribution in [3.8, 4) is 0 Å². The quantitative estimate of drug-likeness (QED) is 0.778. The Morgan fingerprint density at radius 2 is 2.06 bits per heavy atom. The predicted octanol–water partition coefficient (Wildman–Crippen LogP) is 2.42. The molecule has 2 rings (SSSR count). The highest BCUT2D eigenvalue weighted by Crippen LogP contribution is 2.14. The molecule has 1 N–H and O–H groups in total. The van der Waals surface area contributed by atoms with E-state index in [1.807, 2.05) is 0 Å². The summed E-state index contributed by atoms with van der Waals surface area (Å²) < 4.78 is 6.50. The summed E-state index contributed by atoms with van der Waals surface area (Å²) in [5.74, 6) is 0. The van der Waals surface area contributed by atoms with Crippen molar-refractivity contribution in [2.45, 2.75) is 33.3 Å². The SMILES string of the molecule is Cc1c[nH]c2ccn(C(=O)OC(C)(C)C)c2c1=O. The fourth-order valence-electron chi connectivity index (χ4n) is 1.68. The molecule has 0 aromatic carbocycles. The zero-order valence-electron chi connectivity index (χ0n) is 10.9. The number of nitrogens with zero attached hydrogens (tertiary/aromatic N) is 1. The third-order valence-corrected chi connectivity index (χ3v) is 2.49. The number of aromatic nitrogens is 2. The van der Waals surface area contributed by atoms with Gasteiger partial charge in [-0.15, -0.1) is 0 Å². The smallest absolute Gasteiger partial charge is 0.419 e. The Kier molecular flexibility index (Phi) is 2.77. The van der Waals surface area contributed by atoms with E-state index in [4.69, 9.17) is 4.74 Å². The van der Waals surface area contributed by atoms with Crippen LogP contribution in [-0.4, -0.2) is 21.2 Å². The lowest BCUT2D eigenvalue weighted by atomic mass is 10.2. The minimum atomic E-state index is -0.593. The Morgan fingerprint density at radius 3 is 2.67 bits per heavy atom. The number of ether oxygens (including phenoxy) is 1. The van der Waals surface area contributed by atoms with Gasteiger partial charge in [-0.2, -0.15) is 0 Å². The van der Waals surface area contributed by atoms with Gasteiger partial charge in [0.1, 0.15) is 11.1 Å². The summed E-state index contributed by atoms with van der Waals surface area (Å²) in [6.07, 6.45) is 2.62. The number of rotatable bonds is 0. The van der Waals surface area contributed by atoms with Crippen molar-refractivity contribution in [2.75, 3.05) is 0 Å². The molecule has 5 heteroatoms. The van der Waals surface area contributed by atoms with Gasteiger partial charge >= 0.3 is 6.09 Å². The van der Waals surface area contributed by atoms with Crippen LogP contribution in [0, 0.1) is 6.92 Å². The molecule has 0 saturated carbocycles. The molecule has 0 aliphatic heterocycles. The van der Waals surface area contributed by atoms with Crippen LogP contribution in [0.3, 0.4) is 0 Å². The fraction of sp³-hybridized carbons (Fsp3) is 0.385. The number of pyridine rings is 1. The Bertz CT molecular complexity index is 659. The van der Waals surface area contributed by atoms with E-state index in [1.165, 1.54) is 10.8 Å². The first kappa shape index (κ1) is 12.4. The number of hydrogen-bond donors (Lipinski definition) is 1. The number of fused-ring (bicyclic) bond motifs is 1. The molecule has 0 atom stereocenters. The highest BCUT2D eigenvalue weighted by Gasteiger charge is 2.20. The molecule has 2 aromatic rings. The standard InChI is InChI=1S/C13H16N2O3/c1-8-7-14-9-5-6-15(10(9)11(8)16)12(17)18-13(2,3)4/h5-7H,1-4H3,(H,14,16). The van der Waals surface area contributed by atoms with Crippen LogP contribution in [0.25, 0.3) is 11.0 Å². The largest absolute Gasteiger partial charge is 0.443 e. The second kappa shape index (κ2) is 4.01. The van der Waals surface area contributed by atoms with Crippen LogP contribution in [0.1, 0.15) is 26.3 Å². The number of nitrogens with one attached hydrogen (secondary N) is 1. The topological polar surface area (TPSA) is 64.1 Å². The molecule has 0 aliphatic rings. The van der Waals surface area contributed by atoms with Crippen LogP contribution in [0.15, 0.2) is 23.3 Å². The normalized spacial score (nSPS) is 11.8. The van der Waals surface area contributed by atoms with E-state index in [-0.39, 0.29) is 5.43 Å². The predicted molar refractivity (Wildman–Crippen MR) is 68.9 cm³/mol. The molecule has 0 aliphatic carbocycles. The van der Waals surface area contributed by atoms with Crippen molar-refractivity contribution in [1.29, 1.82) is 0 Å². The number of H-pyrrole nitrogens is 1. The second-order valence-corrected chi connectivity index (χ2v) is 5.23. The number of aryl methyl sites for hydroxylation is 1. The Hall–Kier alpha value is -2.04. The molecule has 2 aromatic heterocycles. The molecule has 0 spiro atoms. The van der Waals surface area contributed by atoms with Gasteiger partial charge in [-0.05, 0) is 33.8 Å². The molecule has 0 fully saturated rings. The monoisotopic (exact) mass is 248 g/mol. The minimum Gasteiger partial charge on any atom is -0.443 e. The van der Waals surface area contributed by atoms with Crippen LogP contribution in [0.4, 0.5) is 4.79 Å². The third-order valence-electron chi connectivity index (χ3n) is 2.49.